The first-order chi connectivity index (χ1) is 12.6. The van der Waals surface area contributed by atoms with E-state index in [-0.39, 0.29) is 23.6 Å². The second-order valence-corrected chi connectivity index (χ2v) is 7.00. The molecule has 0 aliphatic carbocycles. The number of hydrogen-bond donors (Lipinski definition) is 1. The normalized spacial score (nSPS) is 18.4. The van der Waals surface area contributed by atoms with Crippen molar-refractivity contribution in [3.05, 3.63) is 69.8 Å². The molecule has 0 N–H and O–H groups in total. The van der Waals surface area contributed by atoms with E-state index in [1.807, 2.05) is 24.3 Å². The lowest BCUT2D eigenvalue weighted by Gasteiger charge is -2.25. The molecule has 1 aliphatic rings. The molecule has 2 atom stereocenters. The van der Waals surface area contributed by atoms with Gasteiger partial charge in [0.05, 0.1) is 11.0 Å². The Kier molecular flexibility index (Phi) is 5.90. The molecule has 2 unspecified atom stereocenters. The number of nitro groups is 1. The molecule has 2 aromatic rings. The summed E-state index contributed by atoms with van der Waals surface area (Å²) in [6, 6.07) is 13.4. The van der Waals surface area contributed by atoms with Crippen molar-refractivity contribution in [2.75, 3.05) is 13.1 Å². The van der Waals surface area contributed by atoms with Gasteiger partial charge in [0.1, 0.15) is 18.6 Å². The number of nitrogens with zero attached hydrogens (tertiary/aromatic N) is 2. The lowest BCUT2D eigenvalue weighted by atomic mass is 10.1. The van der Waals surface area contributed by atoms with Crippen molar-refractivity contribution in [1.29, 1.82) is 0 Å². The Bertz CT molecular complexity index is 781. The van der Waals surface area contributed by atoms with Crippen LogP contribution in [0.15, 0.2) is 48.5 Å². The SMILES string of the molecule is O=CC(c1ccccc1OCc1ccc([N+](=O)[O-])cc1)N1CCC(S)C1. The zero-order valence-corrected chi connectivity index (χ0v) is 15.0. The van der Waals surface area contributed by atoms with E-state index in [0.717, 1.165) is 36.9 Å². The van der Waals surface area contributed by atoms with Crippen molar-refractivity contribution < 1.29 is 14.5 Å². The topological polar surface area (TPSA) is 72.7 Å². The summed E-state index contributed by atoms with van der Waals surface area (Å²) in [5.74, 6) is 0.644. The molecular weight excluding hydrogens is 352 g/mol. The van der Waals surface area contributed by atoms with E-state index in [2.05, 4.69) is 17.5 Å². The van der Waals surface area contributed by atoms with Crippen LogP contribution in [-0.4, -0.2) is 34.4 Å². The summed E-state index contributed by atoms with van der Waals surface area (Å²) in [6.07, 6.45) is 1.90. The fraction of sp³-hybridized carbons (Fsp3) is 0.316. The van der Waals surface area contributed by atoms with Crippen molar-refractivity contribution in [2.45, 2.75) is 24.3 Å². The molecule has 0 bridgehead atoms. The first-order valence-electron chi connectivity index (χ1n) is 8.41. The number of hydrogen-bond acceptors (Lipinski definition) is 6. The minimum Gasteiger partial charge on any atom is -0.489 e. The van der Waals surface area contributed by atoms with Crippen molar-refractivity contribution in [1.82, 2.24) is 4.90 Å². The summed E-state index contributed by atoms with van der Waals surface area (Å²) >= 11 is 4.50. The van der Waals surface area contributed by atoms with Gasteiger partial charge in [-0.05, 0) is 30.2 Å². The monoisotopic (exact) mass is 372 g/mol. The third-order valence-electron chi connectivity index (χ3n) is 4.50. The van der Waals surface area contributed by atoms with E-state index in [9.17, 15) is 14.9 Å². The predicted molar refractivity (Wildman–Crippen MR) is 102 cm³/mol. The van der Waals surface area contributed by atoms with Crippen molar-refractivity contribution >= 4 is 24.6 Å². The number of non-ortho nitro benzene ring substituents is 1. The average Bonchev–Trinajstić information content (AvgIpc) is 3.08. The molecule has 136 valence electrons. The molecule has 2 aromatic carbocycles. The number of ether oxygens (including phenoxy) is 1. The van der Waals surface area contributed by atoms with Crippen LogP contribution in [0.5, 0.6) is 5.75 Å². The van der Waals surface area contributed by atoms with Crippen molar-refractivity contribution in [3.8, 4) is 5.75 Å². The first kappa shape index (κ1) is 18.4. The number of thiol groups is 1. The molecule has 1 aliphatic heterocycles. The second-order valence-electron chi connectivity index (χ2n) is 6.27. The van der Waals surface area contributed by atoms with Crippen LogP contribution in [-0.2, 0) is 11.4 Å². The van der Waals surface area contributed by atoms with Crippen LogP contribution < -0.4 is 4.74 Å². The van der Waals surface area contributed by atoms with Crippen LogP contribution in [0.2, 0.25) is 0 Å². The van der Waals surface area contributed by atoms with Crippen LogP contribution >= 0.6 is 12.6 Å². The lowest BCUT2D eigenvalue weighted by Crippen LogP contribution is -2.28. The van der Waals surface area contributed by atoms with Gasteiger partial charge in [-0.15, -0.1) is 0 Å². The number of para-hydroxylation sites is 1. The van der Waals surface area contributed by atoms with E-state index < -0.39 is 4.92 Å². The van der Waals surface area contributed by atoms with Crippen LogP contribution in [0.1, 0.15) is 23.6 Å². The molecule has 0 aromatic heterocycles. The van der Waals surface area contributed by atoms with E-state index >= 15 is 0 Å². The number of nitro benzene ring substituents is 1. The third-order valence-corrected chi connectivity index (χ3v) is 4.92. The van der Waals surface area contributed by atoms with Gasteiger partial charge in [0, 0.05) is 36.0 Å². The molecule has 6 nitrogen and oxygen atoms in total. The summed E-state index contributed by atoms with van der Waals surface area (Å²) < 4.78 is 5.92. The maximum atomic E-state index is 11.7. The fourth-order valence-electron chi connectivity index (χ4n) is 3.11. The Labute approximate surface area is 157 Å². The van der Waals surface area contributed by atoms with Gasteiger partial charge >= 0.3 is 0 Å². The molecule has 1 fully saturated rings. The fourth-order valence-corrected chi connectivity index (χ4v) is 3.43. The molecule has 1 heterocycles. The molecule has 0 saturated carbocycles. The van der Waals surface area contributed by atoms with Crippen LogP contribution in [0, 0.1) is 10.1 Å². The lowest BCUT2D eigenvalue weighted by molar-refractivity contribution is -0.384. The Morgan fingerprint density at radius 1 is 1.27 bits per heavy atom. The number of likely N-dealkylation sites (tertiary alicyclic amines) is 1. The Balaban J connectivity index is 1.74. The van der Waals surface area contributed by atoms with Crippen molar-refractivity contribution in [2.24, 2.45) is 0 Å². The molecule has 26 heavy (non-hydrogen) atoms. The Morgan fingerprint density at radius 3 is 2.62 bits per heavy atom. The third kappa shape index (κ3) is 4.23. The van der Waals surface area contributed by atoms with E-state index in [1.165, 1.54) is 12.1 Å². The van der Waals surface area contributed by atoms with E-state index in [4.69, 9.17) is 4.74 Å². The number of carbonyl (C=O) groups is 1. The van der Waals surface area contributed by atoms with Gasteiger partial charge in [0.15, 0.2) is 0 Å². The number of carbonyl (C=O) groups excluding carboxylic acids is 1. The Hall–Kier alpha value is -2.38. The molecule has 1 saturated heterocycles. The number of benzene rings is 2. The zero-order valence-electron chi connectivity index (χ0n) is 14.2. The minimum atomic E-state index is -0.431. The average molecular weight is 372 g/mol. The molecule has 0 amide bonds. The quantitative estimate of drug-likeness (QED) is 0.349. The highest BCUT2D eigenvalue weighted by Crippen LogP contribution is 2.32. The maximum absolute atomic E-state index is 11.7. The molecular formula is C19H20N2O4S. The summed E-state index contributed by atoms with van der Waals surface area (Å²) in [6.45, 7) is 1.87. The van der Waals surface area contributed by atoms with Crippen LogP contribution in [0.4, 0.5) is 5.69 Å². The van der Waals surface area contributed by atoms with Gasteiger partial charge in [-0.25, -0.2) is 0 Å². The van der Waals surface area contributed by atoms with Gasteiger partial charge in [-0.2, -0.15) is 12.6 Å². The van der Waals surface area contributed by atoms with Crippen molar-refractivity contribution in [3.63, 3.8) is 0 Å². The highest BCUT2D eigenvalue weighted by molar-refractivity contribution is 7.81. The van der Waals surface area contributed by atoms with Gasteiger partial charge < -0.3 is 9.53 Å². The number of aldehydes is 1. The maximum Gasteiger partial charge on any atom is 0.269 e. The highest BCUT2D eigenvalue weighted by Gasteiger charge is 2.29. The van der Waals surface area contributed by atoms with Gasteiger partial charge in [0.25, 0.3) is 5.69 Å². The smallest absolute Gasteiger partial charge is 0.269 e. The predicted octanol–water partition coefficient (Wildman–Crippen LogP) is 3.42. The zero-order chi connectivity index (χ0) is 18.5. The number of rotatable bonds is 7. The first-order valence-corrected chi connectivity index (χ1v) is 8.92. The summed E-state index contributed by atoms with van der Waals surface area (Å²) in [5.41, 5.74) is 1.70. The molecule has 0 radical (unpaired) electrons. The standard InChI is InChI=1S/C19H20N2O4S/c22-12-18(20-10-9-16(26)11-20)17-3-1-2-4-19(17)25-13-14-5-7-15(8-6-14)21(23)24/h1-8,12,16,18,26H,9-11,13H2. The largest absolute Gasteiger partial charge is 0.489 e. The van der Waals surface area contributed by atoms with Crippen LogP contribution in [0.3, 0.4) is 0 Å². The molecule has 0 spiro atoms. The van der Waals surface area contributed by atoms with E-state index in [0.29, 0.717) is 5.75 Å². The highest BCUT2D eigenvalue weighted by atomic mass is 32.1. The minimum absolute atomic E-state index is 0.0468. The van der Waals surface area contributed by atoms with Gasteiger partial charge in [-0.3, -0.25) is 15.0 Å². The molecule has 7 heteroatoms. The Morgan fingerprint density at radius 2 is 2.00 bits per heavy atom. The van der Waals surface area contributed by atoms with Gasteiger partial charge in [-0.1, -0.05) is 18.2 Å². The van der Waals surface area contributed by atoms with Crippen LogP contribution in [0.25, 0.3) is 0 Å². The summed E-state index contributed by atoms with van der Waals surface area (Å²) in [7, 11) is 0. The summed E-state index contributed by atoms with van der Waals surface area (Å²) in [4.78, 5) is 24.1. The summed E-state index contributed by atoms with van der Waals surface area (Å²) in [5, 5.41) is 11.0. The van der Waals surface area contributed by atoms with Gasteiger partial charge in [0.2, 0.25) is 0 Å². The van der Waals surface area contributed by atoms with E-state index in [1.54, 1.807) is 12.1 Å². The second kappa shape index (κ2) is 8.33. The molecule has 3 rings (SSSR count).